The van der Waals surface area contributed by atoms with Crippen LogP contribution in [0.2, 0.25) is 0 Å². The molecule has 3 heterocycles. The lowest BCUT2D eigenvalue weighted by Crippen LogP contribution is -2.42. The first-order chi connectivity index (χ1) is 13.8. The van der Waals surface area contributed by atoms with Crippen molar-refractivity contribution in [2.24, 2.45) is 5.92 Å². The second-order valence-corrected chi connectivity index (χ2v) is 8.78. The number of aromatic nitrogens is 2. The number of carbonyl (C=O) groups is 1. The Balaban J connectivity index is 1.35. The van der Waals surface area contributed by atoms with E-state index in [1.165, 1.54) is 5.56 Å². The Morgan fingerprint density at radius 1 is 1.24 bits per heavy atom. The van der Waals surface area contributed by atoms with Crippen LogP contribution in [0.1, 0.15) is 45.0 Å². The summed E-state index contributed by atoms with van der Waals surface area (Å²) >= 11 is 0. The van der Waals surface area contributed by atoms with Crippen LogP contribution in [0, 0.1) is 12.8 Å². The molecular formula is C22H27N3O4. The van der Waals surface area contributed by atoms with Crippen LogP contribution in [0.3, 0.4) is 0 Å². The first kappa shape index (κ1) is 19.5. The highest BCUT2D eigenvalue weighted by molar-refractivity contribution is 5.82. The lowest BCUT2D eigenvalue weighted by Gasteiger charge is -2.33. The van der Waals surface area contributed by atoms with Gasteiger partial charge in [-0.2, -0.15) is 4.98 Å². The fourth-order valence-electron chi connectivity index (χ4n) is 3.61. The predicted molar refractivity (Wildman–Crippen MR) is 108 cm³/mol. The summed E-state index contributed by atoms with van der Waals surface area (Å²) in [5, 5.41) is 5.15. The Bertz CT molecular complexity index is 1010. The summed E-state index contributed by atoms with van der Waals surface area (Å²) < 4.78 is 16.7. The molecule has 1 aliphatic rings. The van der Waals surface area contributed by atoms with Crippen LogP contribution in [0.15, 0.2) is 33.2 Å². The van der Waals surface area contributed by atoms with Gasteiger partial charge in [0.2, 0.25) is 0 Å². The molecule has 0 saturated carbocycles. The highest BCUT2D eigenvalue weighted by atomic mass is 16.6. The molecule has 29 heavy (non-hydrogen) atoms. The molecule has 1 fully saturated rings. The number of carbonyl (C=O) groups excluding carboxylic acids is 1. The van der Waals surface area contributed by atoms with Crippen LogP contribution in [0.4, 0.5) is 4.79 Å². The third-order valence-corrected chi connectivity index (χ3v) is 5.09. The molecule has 7 heteroatoms. The predicted octanol–water partition coefficient (Wildman–Crippen LogP) is 4.98. The Hall–Kier alpha value is -2.83. The Labute approximate surface area is 170 Å². The van der Waals surface area contributed by atoms with Crippen molar-refractivity contribution < 1.29 is 18.5 Å². The quantitative estimate of drug-likeness (QED) is 0.620. The molecule has 154 valence electrons. The van der Waals surface area contributed by atoms with E-state index in [1.807, 2.05) is 45.9 Å². The van der Waals surface area contributed by atoms with Gasteiger partial charge in [-0.15, -0.1) is 0 Å². The molecule has 0 bridgehead atoms. The first-order valence-corrected chi connectivity index (χ1v) is 10.1. The summed E-state index contributed by atoms with van der Waals surface area (Å²) in [4.78, 5) is 18.5. The second-order valence-electron chi connectivity index (χ2n) is 8.78. The molecule has 7 nitrogen and oxygen atoms in total. The number of amides is 1. The molecule has 0 unspecified atom stereocenters. The summed E-state index contributed by atoms with van der Waals surface area (Å²) in [6.07, 6.45) is 2.28. The zero-order chi connectivity index (χ0) is 20.6. The Morgan fingerprint density at radius 3 is 2.72 bits per heavy atom. The number of ether oxygens (including phenoxy) is 1. The van der Waals surface area contributed by atoms with Crippen LogP contribution in [-0.2, 0) is 11.2 Å². The maximum atomic E-state index is 12.2. The van der Waals surface area contributed by atoms with Crippen LogP contribution >= 0.6 is 0 Å². The van der Waals surface area contributed by atoms with Gasteiger partial charge in [-0.05, 0) is 64.7 Å². The Morgan fingerprint density at radius 2 is 2.00 bits per heavy atom. The molecule has 0 atom stereocenters. The summed E-state index contributed by atoms with van der Waals surface area (Å²) in [5.74, 6) is 2.08. The maximum absolute atomic E-state index is 12.2. The van der Waals surface area contributed by atoms with Crippen molar-refractivity contribution in [2.45, 2.75) is 52.6 Å². The van der Waals surface area contributed by atoms with E-state index in [9.17, 15) is 4.79 Å². The molecule has 2 aromatic heterocycles. The third kappa shape index (κ3) is 4.60. The highest BCUT2D eigenvalue weighted by Crippen LogP contribution is 2.28. The molecule has 0 radical (unpaired) electrons. The van der Waals surface area contributed by atoms with Gasteiger partial charge in [-0.1, -0.05) is 16.8 Å². The molecule has 0 aliphatic carbocycles. The molecule has 4 rings (SSSR count). The van der Waals surface area contributed by atoms with Crippen molar-refractivity contribution >= 4 is 17.1 Å². The largest absolute Gasteiger partial charge is 0.451 e. The fraction of sp³-hybridized carbons (Fsp3) is 0.500. The van der Waals surface area contributed by atoms with E-state index in [4.69, 9.17) is 13.7 Å². The van der Waals surface area contributed by atoms with Gasteiger partial charge < -0.3 is 18.6 Å². The molecule has 0 spiro atoms. The van der Waals surface area contributed by atoms with Gasteiger partial charge in [0.25, 0.3) is 5.89 Å². The second kappa shape index (κ2) is 7.54. The van der Waals surface area contributed by atoms with Gasteiger partial charge in [0.15, 0.2) is 11.6 Å². The van der Waals surface area contributed by atoms with Crippen LogP contribution in [0.5, 0.6) is 0 Å². The number of nitrogens with zero attached hydrogens (tertiary/aromatic N) is 3. The molecule has 0 N–H and O–H groups in total. The summed E-state index contributed by atoms with van der Waals surface area (Å²) in [6, 6.07) is 7.96. The average Bonchev–Trinajstić information content (AvgIpc) is 3.27. The molecule has 1 amide bonds. The SMILES string of the molecule is Cc1ccc2oc(-c3nc(CC4CCN(C(=O)OC(C)(C)C)CC4)no3)cc2c1. The summed E-state index contributed by atoms with van der Waals surface area (Å²) in [6.45, 7) is 9.07. The van der Waals surface area contributed by atoms with Gasteiger partial charge in [-0.3, -0.25) is 0 Å². The summed E-state index contributed by atoms with van der Waals surface area (Å²) in [7, 11) is 0. The van der Waals surface area contributed by atoms with Crippen molar-refractivity contribution in [2.75, 3.05) is 13.1 Å². The topological polar surface area (TPSA) is 81.6 Å². The van der Waals surface area contributed by atoms with E-state index in [1.54, 1.807) is 4.90 Å². The van der Waals surface area contributed by atoms with E-state index < -0.39 is 5.60 Å². The number of hydrogen-bond donors (Lipinski definition) is 0. The smallest absolute Gasteiger partial charge is 0.410 e. The van der Waals surface area contributed by atoms with Gasteiger partial charge >= 0.3 is 6.09 Å². The third-order valence-electron chi connectivity index (χ3n) is 5.09. The fourth-order valence-corrected chi connectivity index (χ4v) is 3.61. The van der Waals surface area contributed by atoms with Gasteiger partial charge in [-0.25, -0.2) is 4.79 Å². The lowest BCUT2D eigenvalue weighted by molar-refractivity contribution is 0.0183. The Kier molecular flexibility index (Phi) is 5.06. The number of likely N-dealkylation sites (tertiary alicyclic amines) is 1. The van der Waals surface area contributed by atoms with Crippen molar-refractivity contribution in [1.29, 1.82) is 0 Å². The van der Waals surface area contributed by atoms with Crippen LogP contribution in [-0.4, -0.2) is 39.8 Å². The lowest BCUT2D eigenvalue weighted by atomic mass is 9.93. The van der Waals surface area contributed by atoms with Gasteiger partial charge in [0.05, 0.1) is 0 Å². The van der Waals surface area contributed by atoms with Gasteiger partial charge in [0, 0.05) is 24.9 Å². The average molecular weight is 397 g/mol. The number of furan rings is 1. The number of fused-ring (bicyclic) bond motifs is 1. The number of piperidine rings is 1. The minimum Gasteiger partial charge on any atom is -0.451 e. The number of aryl methyl sites for hydroxylation is 1. The van der Waals surface area contributed by atoms with Crippen molar-refractivity contribution in [3.63, 3.8) is 0 Å². The zero-order valence-electron chi connectivity index (χ0n) is 17.4. The number of hydrogen-bond acceptors (Lipinski definition) is 6. The van der Waals surface area contributed by atoms with E-state index in [0.29, 0.717) is 36.5 Å². The summed E-state index contributed by atoms with van der Waals surface area (Å²) in [5.41, 5.74) is 1.51. The van der Waals surface area contributed by atoms with Crippen molar-refractivity contribution in [3.8, 4) is 11.7 Å². The molecule has 1 aromatic carbocycles. The molecular weight excluding hydrogens is 370 g/mol. The monoisotopic (exact) mass is 397 g/mol. The van der Waals surface area contributed by atoms with Gasteiger partial charge in [0.1, 0.15) is 11.2 Å². The van der Waals surface area contributed by atoms with Crippen LogP contribution < -0.4 is 0 Å². The number of rotatable bonds is 3. The highest BCUT2D eigenvalue weighted by Gasteiger charge is 2.28. The van der Waals surface area contributed by atoms with E-state index in [0.717, 1.165) is 30.2 Å². The first-order valence-electron chi connectivity index (χ1n) is 10.1. The van der Waals surface area contributed by atoms with E-state index >= 15 is 0 Å². The maximum Gasteiger partial charge on any atom is 0.410 e. The minimum absolute atomic E-state index is 0.238. The van der Waals surface area contributed by atoms with E-state index in [2.05, 4.69) is 16.2 Å². The number of benzene rings is 1. The minimum atomic E-state index is -0.468. The zero-order valence-corrected chi connectivity index (χ0v) is 17.4. The molecule has 1 saturated heterocycles. The molecule has 3 aromatic rings. The normalized spacial score (nSPS) is 15.8. The molecule has 1 aliphatic heterocycles. The van der Waals surface area contributed by atoms with Crippen LogP contribution in [0.25, 0.3) is 22.6 Å². The standard InChI is InChI=1S/C22H27N3O4/c1-14-5-6-17-16(11-14)13-18(27-17)20-23-19(24-29-20)12-15-7-9-25(10-8-15)21(26)28-22(2,3)4/h5-6,11,13,15H,7-10,12H2,1-4H3. The van der Waals surface area contributed by atoms with Crippen molar-refractivity contribution in [3.05, 3.63) is 35.7 Å². The van der Waals surface area contributed by atoms with E-state index in [-0.39, 0.29) is 6.09 Å². The van der Waals surface area contributed by atoms with Crippen molar-refractivity contribution in [1.82, 2.24) is 15.0 Å².